The van der Waals surface area contributed by atoms with Crippen LogP contribution in [0.1, 0.15) is 11.1 Å². The molecule has 0 spiro atoms. The number of hydrogen-bond donors (Lipinski definition) is 2. The van der Waals surface area contributed by atoms with Crippen molar-refractivity contribution in [2.45, 2.75) is 18.4 Å². The Balaban J connectivity index is 2.18. The molecule has 0 atom stereocenters. The second-order valence-electron chi connectivity index (χ2n) is 3.94. The molecule has 0 aliphatic rings. The monoisotopic (exact) mass is 317 g/mol. The number of hydrogen-bond acceptors (Lipinski definition) is 5. The molecule has 0 aliphatic carbocycles. The van der Waals surface area contributed by atoms with Crippen LogP contribution in [0.5, 0.6) is 0 Å². The van der Waals surface area contributed by atoms with E-state index >= 15 is 0 Å². The highest BCUT2D eigenvalue weighted by molar-refractivity contribution is 7.89. The van der Waals surface area contributed by atoms with Gasteiger partial charge in [0.2, 0.25) is 10.0 Å². The Kier molecular flexibility index (Phi) is 4.10. The molecule has 0 unspecified atom stereocenters. The predicted molar refractivity (Wildman–Crippen MR) is 76.7 cm³/mol. The van der Waals surface area contributed by atoms with Crippen LogP contribution in [0.3, 0.4) is 0 Å². The number of aryl methyl sites for hydroxylation is 1. The summed E-state index contributed by atoms with van der Waals surface area (Å²) < 4.78 is 26.6. The summed E-state index contributed by atoms with van der Waals surface area (Å²) in [7, 11) is -3.64. The van der Waals surface area contributed by atoms with Crippen molar-refractivity contribution < 1.29 is 8.42 Å². The van der Waals surface area contributed by atoms with Gasteiger partial charge < -0.3 is 5.73 Å². The van der Waals surface area contributed by atoms with E-state index in [-0.39, 0.29) is 22.3 Å². The van der Waals surface area contributed by atoms with Crippen LogP contribution < -0.4 is 10.5 Å². The van der Waals surface area contributed by atoms with Crippen LogP contribution in [0.4, 0.5) is 5.82 Å². The van der Waals surface area contributed by atoms with Crippen molar-refractivity contribution in [3.63, 3.8) is 0 Å². The van der Waals surface area contributed by atoms with Crippen molar-refractivity contribution in [1.82, 2.24) is 9.71 Å². The highest BCUT2D eigenvalue weighted by atomic mass is 35.5. The molecule has 2 heterocycles. The fraction of sp³-hybridized carbons (Fsp3) is 0.182. The van der Waals surface area contributed by atoms with E-state index in [1.54, 1.807) is 0 Å². The minimum Gasteiger partial charge on any atom is -0.382 e. The molecule has 2 aromatic heterocycles. The number of aromatic nitrogens is 1. The van der Waals surface area contributed by atoms with Gasteiger partial charge >= 0.3 is 0 Å². The molecular formula is C11H12ClN3O2S2. The van der Waals surface area contributed by atoms with Gasteiger partial charge in [-0.1, -0.05) is 11.6 Å². The smallest absolute Gasteiger partial charge is 0.242 e. The number of nitrogen functional groups attached to an aromatic ring is 1. The summed E-state index contributed by atoms with van der Waals surface area (Å²) in [6.45, 7) is 2.17. The second kappa shape index (κ2) is 5.46. The summed E-state index contributed by atoms with van der Waals surface area (Å²) in [5, 5.41) is 3.99. The van der Waals surface area contributed by atoms with Gasteiger partial charge in [-0.2, -0.15) is 11.3 Å². The van der Waals surface area contributed by atoms with E-state index < -0.39 is 10.0 Å². The van der Waals surface area contributed by atoms with E-state index in [0.29, 0.717) is 0 Å². The number of halogens is 1. The maximum atomic E-state index is 12.1. The van der Waals surface area contributed by atoms with Gasteiger partial charge in [-0.05, 0) is 34.9 Å². The molecule has 5 nitrogen and oxygen atoms in total. The quantitative estimate of drug-likeness (QED) is 0.905. The van der Waals surface area contributed by atoms with Crippen LogP contribution >= 0.6 is 22.9 Å². The van der Waals surface area contributed by atoms with E-state index in [1.165, 1.54) is 23.6 Å². The second-order valence-corrected chi connectivity index (χ2v) is 6.86. The van der Waals surface area contributed by atoms with Crippen LogP contribution in [0.15, 0.2) is 27.9 Å². The lowest BCUT2D eigenvalue weighted by Gasteiger charge is -2.07. The van der Waals surface area contributed by atoms with Crippen molar-refractivity contribution in [3.8, 4) is 0 Å². The molecule has 0 saturated carbocycles. The van der Waals surface area contributed by atoms with E-state index in [2.05, 4.69) is 9.71 Å². The molecule has 8 heteroatoms. The van der Waals surface area contributed by atoms with Gasteiger partial charge in [0.05, 0.1) is 5.02 Å². The van der Waals surface area contributed by atoms with Gasteiger partial charge in [0, 0.05) is 12.7 Å². The Morgan fingerprint density at radius 3 is 2.79 bits per heavy atom. The van der Waals surface area contributed by atoms with Crippen molar-refractivity contribution in [2.24, 2.45) is 0 Å². The number of thiophene rings is 1. The number of rotatable bonds is 4. The van der Waals surface area contributed by atoms with Crippen molar-refractivity contribution in [1.29, 1.82) is 0 Å². The van der Waals surface area contributed by atoms with Gasteiger partial charge in [0.15, 0.2) is 0 Å². The van der Waals surface area contributed by atoms with E-state index in [1.807, 2.05) is 17.7 Å². The minimum absolute atomic E-state index is 0.000386. The maximum Gasteiger partial charge on any atom is 0.242 e. The summed E-state index contributed by atoms with van der Waals surface area (Å²) in [4.78, 5) is 3.74. The highest BCUT2D eigenvalue weighted by Crippen LogP contribution is 2.20. The van der Waals surface area contributed by atoms with Gasteiger partial charge in [-0.3, -0.25) is 0 Å². The van der Waals surface area contributed by atoms with Crippen molar-refractivity contribution in [2.75, 3.05) is 5.73 Å². The van der Waals surface area contributed by atoms with Gasteiger partial charge in [0.25, 0.3) is 0 Å². The topological polar surface area (TPSA) is 85.1 Å². The average molecular weight is 318 g/mol. The van der Waals surface area contributed by atoms with Crippen LogP contribution in [0.2, 0.25) is 5.02 Å². The number of anilines is 1. The van der Waals surface area contributed by atoms with Gasteiger partial charge in [-0.15, -0.1) is 0 Å². The largest absolute Gasteiger partial charge is 0.382 e. The maximum absolute atomic E-state index is 12.1. The van der Waals surface area contributed by atoms with Crippen molar-refractivity contribution in [3.05, 3.63) is 39.2 Å². The Morgan fingerprint density at radius 1 is 1.47 bits per heavy atom. The molecule has 0 aromatic carbocycles. The molecule has 0 saturated heterocycles. The molecule has 19 heavy (non-hydrogen) atoms. The number of sulfonamides is 1. The van der Waals surface area contributed by atoms with E-state index in [9.17, 15) is 8.42 Å². The third-order valence-electron chi connectivity index (χ3n) is 2.57. The third-order valence-corrected chi connectivity index (χ3v) is 5.15. The Hall–Kier alpha value is -1.15. The molecule has 0 radical (unpaired) electrons. The lowest BCUT2D eigenvalue weighted by Crippen LogP contribution is -2.23. The predicted octanol–water partition coefficient (Wildman–Crippen LogP) is 2.17. The van der Waals surface area contributed by atoms with Crippen LogP contribution in [0.25, 0.3) is 0 Å². The molecular weight excluding hydrogens is 306 g/mol. The fourth-order valence-corrected chi connectivity index (χ4v) is 3.47. The summed E-state index contributed by atoms with van der Waals surface area (Å²) in [5.74, 6) is 0.106. The zero-order valence-electron chi connectivity index (χ0n) is 10.1. The SMILES string of the molecule is Cc1cscc1CNS(=O)(=O)c1cnc(N)c(Cl)c1. The summed E-state index contributed by atoms with van der Waals surface area (Å²) in [6.07, 6.45) is 1.18. The normalized spacial score (nSPS) is 11.7. The summed E-state index contributed by atoms with van der Waals surface area (Å²) >= 11 is 7.30. The Bertz CT molecular complexity index is 698. The molecule has 3 N–H and O–H groups in total. The van der Waals surface area contributed by atoms with E-state index in [4.69, 9.17) is 17.3 Å². The molecule has 0 fully saturated rings. The van der Waals surface area contributed by atoms with Crippen molar-refractivity contribution >= 4 is 38.8 Å². The number of nitrogens with zero attached hydrogens (tertiary/aromatic N) is 1. The number of nitrogens with one attached hydrogen (secondary N) is 1. The minimum atomic E-state index is -3.64. The average Bonchev–Trinajstić information content (AvgIpc) is 2.76. The van der Waals surface area contributed by atoms with Crippen LogP contribution in [0, 0.1) is 6.92 Å². The first-order chi connectivity index (χ1) is 8.90. The first-order valence-corrected chi connectivity index (χ1v) is 8.13. The Labute approximate surface area is 120 Å². The standard InChI is InChI=1S/C11H12ClN3O2S2/c1-7-5-18-6-8(7)3-15-19(16,17)9-2-10(12)11(13)14-4-9/h2,4-6,15H,3H2,1H3,(H2,13,14). The zero-order chi connectivity index (χ0) is 14.0. The lowest BCUT2D eigenvalue weighted by molar-refractivity contribution is 0.581. The van der Waals surface area contributed by atoms with Crippen LogP contribution in [-0.2, 0) is 16.6 Å². The van der Waals surface area contributed by atoms with Gasteiger partial charge in [-0.25, -0.2) is 18.1 Å². The fourth-order valence-electron chi connectivity index (χ4n) is 1.40. The first kappa shape index (κ1) is 14.3. The van der Waals surface area contributed by atoms with Gasteiger partial charge in [0.1, 0.15) is 10.7 Å². The lowest BCUT2D eigenvalue weighted by atomic mass is 10.2. The first-order valence-electron chi connectivity index (χ1n) is 5.32. The molecule has 2 aromatic rings. The van der Waals surface area contributed by atoms with Crippen LogP contribution in [-0.4, -0.2) is 13.4 Å². The highest BCUT2D eigenvalue weighted by Gasteiger charge is 2.16. The Morgan fingerprint density at radius 2 is 2.21 bits per heavy atom. The molecule has 2 rings (SSSR count). The number of nitrogens with two attached hydrogens (primary N) is 1. The zero-order valence-corrected chi connectivity index (χ0v) is 12.4. The third kappa shape index (κ3) is 3.24. The summed E-state index contributed by atoms with van der Waals surface area (Å²) in [6, 6.07) is 1.28. The molecule has 0 amide bonds. The number of pyridine rings is 1. The van der Waals surface area contributed by atoms with E-state index in [0.717, 1.165) is 11.1 Å². The molecule has 0 aliphatic heterocycles. The molecule has 102 valence electrons. The molecule has 0 bridgehead atoms. The summed E-state index contributed by atoms with van der Waals surface area (Å²) in [5.41, 5.74) is 7.45.